The molecule has 0 atom stereocenters. The summed E-state index contributed by atoms with van der Waals surface area (Å²) in [6.45, 7) is 7.22. The quantitative estimate of drug-likeness (QED) is 0.447. The number of benzene rings is 3. The van der Waals surface area contributed by atoms with Crippen LogP contribution in [0.2, 0.25) is 0 Å². The van der Waals surface area contributed by atoms with Gasteiger partial charge in [-0.2, -0.15) is 13.2 Å². The molecule has 4 rings (SSSR count). The third kappa shape index (κ3) is 5.70. The van der Waals surface area contributed by atoms with Gasteiger partial charge in [0, 0.05) is 23.5 Å². The van der Waals surface area contributed by atoms with E-state index in [4.69, 9.17) is 4.74 Å². The Hall–Kier alpha value is -3.06. The van der Waals surface area contributed by atoms with Crippen molar-refractivity contribution in [3.8, 4) is 11.5 Å². The third-order valence-corrected chi connectivity index (χ3v) is 6.44. The number of nitrogens with zero attached hydrogens (tertiary/aromatic N) is 1. The van der Waals surface area contributed by atoms with Crippen molar-refractivity contribution >= 4 is 16.7 Å². The van der Waals surface area contributed by atoms with Crippen LogP contribution in [0, 0.1) is 5.92 Å². The molecular formula is C27H29F3N2O2. The Bertz CT molecular complexity index is 1130. The van der Waals surface area contributed by atoms with Gasteiger partial charge in [-0.15, -0.1) is 0 Å². The van der Waals surface area contributed by atoms with E-state index in [1.165, 1.54) is 12.1 Å². The number of carbonyl (C=O) groups is 1. The van der Waals surface area contributed by atoms with Gasteiger partial charge in [-0.05, 0) is 99.6 Å². The summed E-state index contributed by atoms with van der Waals surface area (Å²) in [5.41, 5.74) is -0.155. The van der Waals surface area contributed by atoms with Gasteiger partial charge < -0.3 is 15.0 Å². The highest BCUT2D eigenvalue weighted by Gasteiger charge is 2.30. The van der Waals surface area contributed by atoms with E-state index in [1.54, 1.807) is 18.2 Å². The minimum Gasteiger partial charge on any atom is -0.457 e. The fourth-order valence-corrected chi connectivity index (χ4v) is 4.34. The summed E-state index contributed by atoms with van der Waals surface area (Å²) in [6, 6.07) is 16.0. The Morgan fingerprint density at radius 2 is 1.76 bits per heavy atom. The Morgan fingerprint density at radius 3 is 2.41 bits per heavy atom. The molecule has 1 aliphatic heterocycles. The van der Waals surface area contributed by atoms with E-state index in [1.807, 2.05) is 18.2 Å². The third-order valence-electron chi connectivity index (χ3n) is 6.44. The van der Waals surface area contributed by atoms with Gasteiger partial charge in [0.25, 0.3) is 5.91 Å². The molecule has 1 fully saturated rings. The number of fused-ring (bicyclic) bond motifs is 1. The molecule has 1 amide bonds. The Morgan fingerprint density at radius 1 is 1.06 bits per heavy atom. The van der Waals surface area contributed by atoms with Gasteiger partial charge in [0.1, 0.15) is 11.5 Å². The Labute approximate surface area is 197 Å². The first-order valence-electron chi connectivity index (χ1n) is 11.6. The molecule has 7 heteroatoms. The lowest BCUT2D eigenvalue weighted by molar-refractivity contribution is -0.137. The van der Waals surface area contributed by atoms with Crippen LogP contribution in [0.25, 0.3) is 10.8 Å². The first-order chi connectivity index (χ1) is 16.2. The largest absolute Gasteiger partial charge is 0.457 e. The molecule has 1 N–H and O–H groups in total. The minimum absolute atomic E-state index is 0.109. The number of hydrogen-bond acceptors (Lipinski definition) is 3. The normalized spacial score (nSPS) is 15.6. The average Bonchev–Trinajstić information content (AvgIpc) is 2.82. The summed E-state index contributed by atoms with van der Waals surface area (Å²) in [7, 11) is 0. The van der Waals surface area contributed by atoms with E-state index >= 15 is 0 Å². The molecule has 0 unspecified atom stereocenters. The van der Waals surface area contributed by atoms with Crippen LogP contribution in [-0.2, 0) is 6.18 Å². The van der Waals surface area contributed by atoms with Gasteiger partial charge in [0.15, 0.2) is 0 Å². The van der Waals surface area contributed by atoms with E-state index in [9.17, 15) is 18.0 Å². The zero-order valence-corrected chi connectivity index (χ0v) is 19.4. The zero-order chi connectivity index (χ0) is 24.3. The molecule has 4 nitrogen and oxygen atoms in total. The fraction of sp³-hybridized carbons (Fsp3) is 0.370. The predicted molar refractivity (Wildman–Crippen MR) is 127 cm³/mol. The number of carbonyl (C=O) groups excluding carboxylic acids is 1. The van der Waals surface area contributed by atoms with Gasteiger partial charge in [-0.1, -0.05) is 12.1 Å². The molecule has 0 saturated carbocycles. The lowest BCUT2D eigenvalue weighted by Crippen LogP contribution is -2.41. The lowest BCUT2D eigenvalue weighted by Gasteiger charge is -2.34. The highest BCUT2D eigenvalue weighted by Crippen LogP contribution is 2.33. The summed E-state index contributed by atoms with van der Waals surface area (Å²) >= 11 is 0. The molecular weight excluding hydrogens is 441 g/mol. The number of rotatable bonds is 6. The van der Waals surface area contributed by atoms with Crippen LogP contribution in [0.3, 0.4) is 0 Å². The first-order valence-corrected chi connectivity index (χ1v) is 11.6. The van der Waals surface area contributed by atoms with Crippen molar-refractivity contribution in [2.45, 2.75) is 38.9 Å². The zero-order valence-electron chi connectivity index (χ0n) is 19.4. The van der Waals surface area contributed by atoms with Crippen molar-refractivity contribution in [2.75, 3.05) is 19.6 Å². The van der Waals surface area contributed by atoms with Crippen LogP contribution < -0.4 is 10.1 Å². The number of alkyl halides is 3. The maximum absolute atomic E-state index is 12.8. The second-order valence-corrected chi connectivity index (χ2v) is 9.10. The number of halogens is 3. The maximum atomic E-state index is 12.8. The number of ether oxygens (including phenoxy) is 1. The molecule has 1 saturated heterocycles. The van der Waals surface area contributed by atoms with E-state index in [2.05, 4.69) is 24.1 Å². The van der Waals surface area contributed by atoms with Crippen LogP contribution in [0.4, 0.5) is 13.2 Å². The molecule has 180 valence electrons. The molecule has 0 aliphatic carbocycles. The molecule has 0 bridgehead atoms. The van der Waals surface area contributed by atoms with E-state index < -0.39 is 11.7 Å². The maximum Gasteiger partial charge on any atom is 0.416 e. The highest BCUT2D eigenvalue weighted by molar-refractivity contribution is 5.99. The average molecular weight is 471 g/mol. The van der Waals surface area contributed by atoms with E-state index in [-0.39, 0.29) is 5.91 Å². The molecule has 3 aromatic rings. The van der Waals surface area contributed by atoms with Crippen LogP contribution in [0.1, 0.15) is 42.6 Å². The van der Waals surface area contributed by atoms with Gasteiger partial charge in [-0.3, -0.25) is 4.79 Å². The molecule has 3 aromatic carbocycles. The summed E-state index contributed by atoms with van der Waals surface area (Å²) < 4.78 is 44.2. The van der Waals surface area contributed by atoms with Crippen LogP contribution in [0.15, 0.2) is 60.7 Å². The summed E-state index contributed by atoms with van der Waals surface area (Å²) in [4.78, 5) is 15.2. The van der Waals surface area contributed by atoms with Gasteiger partial charge >= 0.3 is 6.18 Å². The Kier molecular flexibility index (Phi) is 7.12. The van der Waals surface area contributed by atoms with Crippen LogP contribution in [-0.4, -0.2) is 36.5 Å². The van der Waals surface area contributed by atoms with Crippen molar-refractivity contribution in [2.24, 2.45) is 5.92 Å². The summed E-state index contributed by atoms with van der Waals surface area (Å²) in [5.74, 6) is 1.21. The molecule has 34 heavy (non-hydrogen) atoms. The first kappa shape index (κ1) is 24.1. The van der Waals surface area contributed by atoms with Crippen molar-refractivity contribution in [3.63, 3.8) is 0 Å². The van der Waals surface area contributed by atoms with Gasteiger partial charge in [-0.25, -0.2) is 0 Å². The lowest BCUT2D eigenvalue weighted by atomic mass is 9.96. The van der Waals surface area contributed by atoms with E-state index in [0.29, 0.717) is 35.6 Å². The van der Waals surface area contributed by atoms with Crippen molar-refractivity contribution in [1.82, 2.24) is 10.2 Å². The molecule has 0 radical (unpaired) electrons. The molecule has 1 aliphatic rings. The van der Waals surface area contributed by atoms with Gasteiger partial charge in [0.05, 0.1) is 5.56 Å². The topological polar surface area (TPSA) is 41.6 Å². The number of piperidine rings is 1. The number of nitrogens with one attached hydrogen (secondary N) is 1. The fourth-order valence-electron chi connectivity index (χ4n) is 4.34. The summed E-state index contributed by atoms with van der Waals surface area (Å²) in [5, 5.41) is 4.67. The number of likely N-dealkylation sites (tertiary alicyclic amines) is 1. The molecule has 0 aromatic heterocycles. The van der Waals surface area contributed by atoms with Crippen molar-refractivity contribution in [1.29, 1.82) is 0 Å². The van der Waals surface area contributed by atoms with E-state index in [0.717, 1.165) is 48.8 Å². The highest BCUT2D eigenvalue weighted by atomic mass is 19.4. The van der Waals surface area contributed by atoms with Gasteiger partial charge in [0.2, 0.25) is 0 Å². The number of hydrogen-bond donors (Lipinski definition) is 1. The smallest absolute Gasteiger partial charge is 0.416 e. The summed E-state index contributed by atoms with van der Waals surface area (Å²) in [6.07, 6.45) is -2.22. The van der Waals surface area contributed by atoms with Crippen LogP contribution in [0.5, 0.6) is 11.5 Å². The number of amides is 1. The van der Waals surface area contributed by atoms with Crippen LogP contribution >= 0.6 is 0 Å². The molecule has 1 heterocycles. The second kappa shape index (κ2) is 10.1. The SMILES string of the molecule is CC(C)N1CCC(CNC(=O)c2ccc3c(Oc4ccc(C(F)(F)F)cc4)cccc3c2)CC1. The molecule has 0 spiro atoms. The standard InChI is InChI=1S/C27H29F3N2O2/c1-18(2)32-14-12-19(13-15-32)17-31-26(33)21-6-11-24-20(16-21)4-3-5-25(24)34-23-9-7-22(8-10-23)27(28,29)30/h3-11,16,18-19H,12-15,17H2,1-2H3,(H,31,33). The monoisotopic (exact) mass is 470 g/mol. The Balaban J connectivity index is 1.41. The minimum atomic E-state index is -4.39. The van der Waals surface area contributed by atoms with Crippen molar-refractivity contribution in [3.05, 3.63) is 71.8 Å². The van der Waals surface area contributed by atoms with Crippen molar-refractivity contribution < 1.29 is 22.7 Å². The second-order valence-electron chi connectivity index (χ2n) is 9.10. The predicted octanol–water partition coefficient (Wildman–Crippen LogP) is 6.50.